The summed E-state index contributed by atoms with van der Waals surface area (Å²) in [6, 6.07) is 3.87. The quantitative estimate of drug-likeness (QED) is 0.730. The fourth-order valence-electron chi connectivity index (χ4n) is 4.91. The minimum atomic E-state index is -0.295. The van der Waals surface area contributed by atoms with Crippen molar-refractivity contribution < 1.29 is 0 Å². The number of anilines is 2. The number of pyridine rings is 1. The van der Waals surface area contributed by atoms with E-state index < -0.39 is 0 Å². The van der Waals surface area contributed by atoms with Crippen molar-refractivity contribution in [1.29, 1.82) is 0 Å². The zero-order chi connectivity index (χ0) is 19.3. The van der Waals surface area contributed by atoms with Gasteiger partial charge in [-0.25, -0.2) is 19.9 Å². The molecule has 3 aromatic rings. The van der Waals surface area contributed by atoms with Crippen LogP contribution in [0.5, 0.6) is 0 Å². The molecule has 2 N–H and O–H groups in total. The number of piperidine rings is 1. The molecule has 1 aliphatic carbocycles. The maximum absolute atomic E-state index is 12.8. The molecule has 2 fully saturated rings. The number of fused-ring (bicyclic) bond motifs is 1. The molecular formula is C20H23N7O. The van der Waals surface area contributed by atoms with Gasteiger partial charge in [-0.05, 0) is 49.1 Å². The lowest BCUT2D eigenvalue weighted by Gasteiger charge is -2.51. The van der Waals surface area contributed by atoms with Crippen LogP contribution in [0.25, 0.3) is 16.7 Å². The van der Waals surface area contributed by atoms with Crippen LogP contribution in [0, 0.1) is 11.3 Å². The molecule has 5 rings (SSSR count). The second-order valence-electron chi connectivity index (χ2n) is 8.25. The first-order chi connectivity index (χ1) is 13.5. The summed E-state index contributed by atoms with van der Waals surface area (Å²) >= 11 is 0. The molecule has 28 heavy (non-hydrogen) atoms. The summed E-state index contributed by atoms with van der Waals surface area (Å²) in [5.41, 5.74) is 7.08. The number of nitrogens with two attached hydrogens (primary N) is 1. The molecule has 0 aromatic carbocycles. The van der Waals surface area contributed by atoms with E-state index in [1.807, 2.05) is 12.1 Å². The number of nitrogen functional groups attached to an aromatic ring is 1. The molecule has 8 nitrogen and oxygen atoms in total. The van der Waals surface area contributed by atoms with Crippen LogP contribution in [0.3, 0.4) is 0 Å². The van der Waals surface area contributed by atoms with Crippen LogP contribution in [-0.2, 0) is 0 Å². The summed E-state index contributed by atoms with van der Waals surface area (Å²) in [7, 11) is 0. The Balaban J connectivity index is 1.39. The third-order valence-electron chi connectivity index (χ3n) is 6.31. The van der Waals surface area contributed by atoms with Crippen molar-refractivity contribution in [3.8, 4) is 5.69 Å². The molecule has 0 atom stereocenters. The SMILES string of the molecule is CC1CC2(CCN(c3ccc(-n4cnc5ncnc(N)c5c4=O)cn3)CC2)C1. The molecule has 1 spiro atoms. The molecule has 1 aliphatic heterocycles. The second kappa shape index (κ2) is 6.25. The van der Waals surface area contributed by atoms with Crippen LogP contribution in [0.1, 0.15) is 32.6 Å². The van der Waals surface area contributed by atoms with E-state index in [4.69, 9.17) is 5.73 Å². The maximum atomic E-state index is 12.8. The minimum Gasteiger partial charge on any atom is -0.383 e. The predicted molar refractivity (Wildman–Crippen MR) is 107 cm³/mol. The van der Waals surface area contributed by atoms with Crippen LogP contribution in [0.15, 0.2) is 35.8 Å². The smallest absolute Gasteiger partial charge is 0.271 e. The molecule has 4 heterocycles. The van der Waals surface area contributed by atoms with Gasteiger partial charge in [-0.3, -0.25) is 9.36 Å². The molecular weight excluding hydrogens is 354 g/mol. The molecule has 1 saturated carbocycles. The summed E-state index contributed by atoms with van der Waals surface area (Å²) in [5, 5.41) is 0.227. The lowest BCUT2D eigenvalue weighted by atomic mass is 9.58. The van der Waals surface area contributed by atoms with E-state index >= 15 is 0 Å². The topological polar surface area (TPSA) is 103 Å². The standard InChI is InChI=1S/C20H23N7O/c1-13-8-20(9-13)4-6-26(7-5-20)15-3-2-14(10-22-15)27-12-25-18-16(19(27)28)17(21)23-11-24-18/h2-3,10-13H,4-9H2,1H3,(H2,21,23,24). The Morgan fingerprint density at radius 1 is 1.11 bits per heavy atom. The van der Waals surface area contributed by atoms with Gasteiger partial charge in [0.2, 0.25) is 0 Å². The van der Waals surface area contributed by atoms with Gasteiger partial charge in [-0.15, -0.1) is 0 Å². The molecule has 8 heteroatoms. The van der Waals surface area contributed by atoms with Gasteiger partial charge in [0, 0.05) is 13.1 Å². The lowest BCUT2D eigenvalue weighted by Crippen LogP contribution is -2.46. The molecule has 0 unspecified atom stereocenters. The van der Waals surface area contributed by atoms with Gasteiger partial charge in [0.1, 0.15) is 29.7 Å². The average molecular weight is 377 g/mol. The van der Waals surface area contributed by atoms with E-state index in [0.29, 0.717) is 16.7 Å². The van der Waals surface area contributed by atoms with Gasteiger partial charge in [-0.1, -0.05) is 6.92 Å². The highest BCUT2D eigenvalue weighted by Crippen LogP contribution is 2.52. The molecule has 144 valence electrons. The first-order valence-electron chi connectivity index (χ1n) is 9.74. The minimum absolute atomic E-state index is 0.133. The Labute approximate surface area is 162 Å². The van der Waals surface area contributed by atoms with Gasteiger partial charge >= 0.3 is 0 Å². The van der Waals surface area contributed by atoms with Gasteiger partial charge in [0.05, 0.1) is 11.9 Å². The van der Waals surface area contributed by atoms with E-state index in [2.05, 4.69) is 31.8 Å². The number of hydrogen-bond acceptors (Lipinski definition) is 7. The van der Waals surface area contributed by atoms with Crippen LogP contribution >= 0.6 is 0 Å². The first kappa shape index (κ1) is 17.1. The Kier molecular flexibility index (Phi) is 3.82. The summed E-state index contributed by atoms with van der Waals surface area (Å²) in [5.74, 6) is 1.97. The molecule has 0 radical (unpaired) electrons. The molecule has 3 aromatic heterocycles. The fraction of sp³-hybridized carbons (Fsp3) is 0.450. The number of rotatable bonds is 2. The van der Waals surface area contributed by atoms with Crippen molar-refractivity contribution >= 4 is 22.7 Å². The highest BCUT2D eigenvalue weighted by atomic mass is 16.1. The third kappa shape index (κ3) is 2.71. The largest absolute Gasteiger partial charge is 0.383 e. The summed E-state index contributed by atoms with van der Waals surface area (Å²) in [4.78, 5) is 31.9. The van der Waals surface area contributed by atoms with E-state index in [9.17, 15) is 4.79 Å². The van der Waals surface area contributed by atoms with E-state index in [1.54, 1.807) is 6.20 Å². The van der Waals surface area contributed by atoms with Crippen molar-refractivity contribution in [1.82, 2.24) is 24.5 Å². The molecule has 0 bridgehead atoms. The Hall–Kier alpha value is -3.03. The van der Waals surface area contributed by atoms with E-state index in [0.717, 1.165) is 24.8 Å². The Morgan fingerprint density at radius 3 is 2.57 bits per heavy atom. The molecule has 2 aliphatic rings. The van der Waals surface area contributed by atoms with Gasteiger partial charge < -0.3 is 10.6 Å². The summed E-state index contributed by atoms with van der Waals surface area (Å²) in [6.45, 7) is 4.44. The Bertz CT molecular complexity index is 1080. The predicted octanol–water partition coefficient (Wildman–Crippen LogP) is 2.17. The second-order valence-corrected chi connectivity index (χ2v) is 8.25. The van der Waals surface area contributed by atoms with Crippen molar-refractivity contribution in [3.05, 3.63) is 41.3 Å². The molecule has 0 amide bonds. The lowest BCUT2D eigenvalue weighted by molar-refractivity contribution is 0.0380. The Morgan fingerprint density at radius 2 is 1.89 bits per heavy atom. The average Bonchev–Trinajstić information content (AvgIpc) is 2.68. The van der Waals surface area contributed by atoms with Gasteiger partial charge in [0.25, 0.3) is 5.56 Å². The zero-order valence-corrected chi connectivity index (χ0v) is 15.9. The van der Waals surface area contributed by atoms with Crippen LogP contribution < -0.4 is 16.2 Å². The van der Waals surface area contributed by atoms with Crippen LogP contribution in [0.4, 0.5) is 11.6 Å². The highest BCUT2D eigenvalue weighted by molar-refractivity contribution is 5.83. The third-order valence-corrected chi connectivity index (χ3v) is 6.31. The van der Waals surface area contributed by atoms with Crippen molar-refractivity contribution in [2.75, 3.05) is 23.7 Å². The van der Waals surface area contributed by atoms with Crippen LogP contribution in [0.2, 0.25) is 0 Å². The first-order valence-corrected chi connectivity index (χ1v) is 9.74. The van der Waals surface area contributed by atoms with Crippen LogP contribution in [-0.4, -0.2) is 37.6 Å². The number of aromatic nitrogens is 5. The highest BCUT2D eigenvalue weighted by Gasteiger charge is 2.43. The van der Waals surface area contributed by atoms with Crippen molar-refractivity contribution in [2.45, 2.75) is 32.6 Å². The normalized spacial score (nSPS) is 19.1. The van der Waals surface area contributed by atoms with Crippen molar-refractivity contribution in [3.63, 3.8) is 0 Å². The van der Waals surface area contributed by atoms with Crippen molar-refractivity contribution in [2.24, 2.45) is 11.3 Å². The summed E-state index contributed by atoms with van der Waals surface area (Å²) < 4.78 is 1.43. The van der Waals surface area contributed by atoms with Gasteiger partial charge in [-0.2, -0.15) is 0 Å². The number of hydrogen-bond donors (Lipinski definition) is 1. The van der Waals surface area contributed by atoms with E-state index in [-0.39, 0.29) is 16.8 Å². The van der Waals surface area contributed by atoms with Gasteiger partial charge in [0.15, 0.2) is 5.65 Å². The summed E-state index contributed by atoms with van der Waals surface area (Å²) in [6.07, 6.45) is 9.70. The molecule has 1 saturated heterocycles. The number of nitrogens with zero attached hydrogens (tertiary/aromatic N) is 6. The van der Waals surface area contributed by atoms with E-state index in [1.165, 1.54) is 42.9 Å². The monoisotopic (exact) mass is 377 g/mol. The fourth-order valence-corrected chi connectivity index (χ4v) is 4.91. The zero-order valence-electron chi connectivity index (χ0n) is 15.9. The maximum Gasteiger partial charge on any atom is 0.271 e.